The van der Waals surface area contributed by atoms with E-state index in [0.29, 0.717) is 6.04 Å². The van der Waals surface area contributed by atoms with Crippen LogP contribution in [0.15, 0.2) is 72.3 Å². The van der Waals surface area contributed by atoms with Crippen LogP contribution in [0.2, 0.25) is 0 Å². The number of rotatable bonds is 7. The molecule has 1 nitrogen and oxygen atoms in total. The minimum Gasteiger partial charge on any atom is -0.310 e. The molecule has 0 saturated carbocycles. The maximum Gasteiger partial charge on any atom is 0.0208 e. The third-order valence-electron chi connectivity index (χ3n) is 5.21. The van der Waals surface area contributed by atoms with Crippen LogP contribution in [0.5, 0.6) is 0 Å². The molecule has 0 bridgehead atoms. The van der Waals surface area contributed by atoms with Crippen LogP contribution >= 0.6 is 0 Å². The number of hydrogen-bond acceptors (Lipinski definition) is 1. The smallest absolute Gasteiger partial charge is 0.0208 e. The lowest BCUT2D eigenvalue weighted by atomic mass is 9.95. The molecule has 0 fully saturated rings. The van der Waals surface area contributed by atoms with Crippen molar-refractivity contribution < 1.29 is 0 Å². The monoisotopic (exact) mass is 417 g/mol. The van der Waals surface area contributed by atoms with Gasteiger partial charge in [-0.05, 0) is 67.9 Å². The second-order valence-corrected chi connectivity index (χ2v) is 7.69. The van der Waals surface area contributed by atoms with Gasteiger partial charge in [-0.2, -0.15) is 0 Å². The molecule has 1 aliphatic carbocycles. The second-order valence-electron chi connectivity index (χ2n) is 7.69. The first kappa shape index (κ1) is 26.7. The zero-order valence-electron chi connectivity index (χ0n) is 20.8. The van der Waals surface area contributed by atoms with Crippen molar-refractivity contribution in [2.75, 3.05) is 0 Å². The Bertz CT molecular complexity index is 840. The summed E-state index contributed by atoms with van der Waals surface area (Å²) in [5, 5.41) is 3.68. The third kappa shape index (κ3) is 9.53. The highest BCUT2D eigenvalue weighted by molar-refractivity contribution is 5.65. The number of benzene rings is 2. The summed E-state index contributed by atoms with van der Waals surface area (Å²) in [7, 11) is 0. The summed E-state index contributed by atoms with van der Waals surface area (Å²) in [6.45, 7) is 15.6. The van der Waals surface area contributed by atoms with Crippen molar-refractivity contribution in [3.63, 3.8) is 0 Å². The zero-order valence-corrected chi connectivity index (χ0v) is 20.8. The molecular weight excluding hydrogens is 374 g/mol. The Kier molecular flexibility index (Phi) is 13.3. The van der Waals surface area contributed by atoms with Crippen LogP contribution in [-0.2, 0) is 13.0 Å². The lowest BCUT2D eigenvalue weighted by Gasteiger charge is -2.16. The molecule has 1 N–H and O–H groups in total. The van der Waals surface area contributed by atoms with Crippen molar-refractivity contribution in [2.45, 2.75) is 80.3 Å². The Balaban J connectivity index is 0.00000113. The van der Waals surface area contributed by atoms with Gasteiger partial charge < -0.3 is 5.32 Å². The van der Waals surface area contributed by atoms with E-state index in [-0.39, 0.29) is 0 Å². The fourth-order valence-electron chi connectivity index (χ4n) is 3.58. The van der Waals surface area contributed by atoms with Gasteiger partial charge in [0.05, 0.1) is 0 Å². The van der Waals surface area contributed by atoms with Crippen LogP contribution in [0.25, 0.3) is 11.6 Å². The largest absolute Gasteiger partial charge is 0.310 e. The van der Waals surface area contributed by atoms with Crippen molar-refractivity contribution in [1.82, 2.24) is 5.32 Å². The first-order valence-electron chi connectivity index (χ1n) is 12.0. The highest BCUT2D eigenvalue weighted by atomic mass is 14.9. The maximum absolute atomic E-state index is 3.68. The molecule has 2 aromatic rings. The molecule has 0 radical (unpaired) electrons. The normalized spacial score (nSPS) is 13.9. The van der Waals surface area contributed by atoms with Crippen LogP contribution in [0.1, 0.15) is 83.6 Å². The van der Waals surface area contributed by atoms with Crippen LogP contribution < -0.4 is 5.32 Å². The van der Waals surface area contributed by atoms with Gasteiger partial charge in [0.2, 0.25) is 0 Å². The van der Waals surface area contributed by atoms with Gasteiger partial charge in [0.25, 0.3) is 0 Å². The molecule has 0 heterocycles. The van der Waals surface area contributed by atoms with E-state index in [9.17, 15) is 0 Å². The molecule has 1 unspecified atom stereocenters. The van der Waals surface area contributed by atoms with Gasteiger partial charge in [-0.3, -0.25) is 0 Å². The highest BCUT2D eigenvalue weighted by Gasteiger charge is 2.07. The first-order chi connectivity index (χ1) is 15.1. The van der Waals surface area contributed by atoms with Gasteiger partial charge in [-0.1, -0.05) is 106 Å². The van der Waals surface area contributed by atoms with E-state index in [0.717, 1.165) is 13.0 Å². The van der Waals surface area contributed by atoms with Crippen LogP contribution in [0.4, 0.5) is 0 Å². The zero-order chi connectivity index (χ0) is 23.1. The predicted octanol–water partition coefficient (Wildman–Crippen LogP) is 8.62. The number of aryl methyl sites for hydroxylation is 1. The summed E-state index contributed by atoms with van der Waals surface area (Å²) in [5.41, 5.74) is 8.26. The van der Waals surface area contributed by atoms with Crippen LogP contribution in [-0.4, -0.2) is 6.04 Å². The number of fused-ring (bicyclic) bond motifs is 1. The van der Waals surface area contributed by atoms with E-state index in [2.05, 4.69) is 98.9 Å². The SMILES string of the molecule is C/C(=C\C=C(/C)c1ccccc1)CC(C)NCc1ccc2c(c1)CCC=C2.CC.CC. The fraction of sp³-hybridized carbons (Fsp3) is 0.400. The standard InChI is InChI=1S/C26H31N.2C2H6/c1-20(13-14-21(2)24-9-5-4-6-10-24)17-22(3)27-19-23-15-16-25-11-7-8-12-26(25)18-23;2*1-2/h4-7,9-11,13-16,18,22,27H,8,12,17,19H2,1-3H3;2*1-2H3/b20-13+,21-14+;;. The molecule has 0 aliphatic heterocycles. The minimum atomic E-state index is 0.461. The second kappa shape index (κ2) is 15.4. The predicted molar refractivity (Wildman–Crippen MR) is 141 cm³/mol. The first-order valence-corrected chi connectivity index (χ1v) is 12.0. The molecule has 1 heteroatoms. The Morgan fingerprint density at radius 2 is 1.68 bits per heavy atom. The van der Waals surface area contributed by atoms with Crippen molar-refractivity contribution in [1.29, 1.82) is 0 Å². The van der Waals surface area contributed by atoms with E-state index >= 15 is 0 Å². The Morgan fingerprint density at radius 3 is 2.39 bits per heavy atom. The van der Waals surface area contributed by atoms with E-state index in [4.69, 9.17) is 0 Å². The number of nitrogens with one attached hydrogen (secondary N) is 1. The Hall–Kier alpha value is -2.38. The van der Waals surface area contributed by atoms with Gasteiger partial charge in [-0.25, -0.2) is 0 Å². The molecule has 0 spiro atoms. The summed E-state index contributed by atoms with van der Waals surface area (Å²) in [5.74, 6) is 0. The van der Waals surface area contributed by atoms with Crippen molar-refractivity contribution >= 4 is 11.6 Å². The molecule has 1 aliphatic rings. The fourth-order valence-corrected chi connectivity index (χ4v) is 3.58. The molecule has 0 saturated heterocycles. The summed E-state index contributed by atoms with van der Waals surface area (Å²) < 4.78 is 0. The Labute approximate surface area is 192 Å². The molecule has 168 valence electrons. The van der Waals surface area contributed by atoms with Crippen molar-refractivity contribution in [3.05, 3.63) is 94.6 Å². The maximum atomic E-state index is 3.68. The molecule has 1 atom stereocenters. The third-order valence-corrected chi connectivity index (χ3v) is 5.21. The van der Waals surface area contributed by atoms with Gasteiger partial charge in [-0.15, -0.1) is 0 Å². The molecule has 31 heavy (non-hydrogen) atoms. The highest BCUT2D eigenvalue weighted by Crippen LogP contribution is 2.20. The molecule has 0 aromatic heterocycles. The van der Waals surface area contributed by atoms with Gasteiger partial charge in [0.15, 0.2) is 0 Å². The molecule has 0 amide bonds. The lowest BCUT2D eigenvalue weighted by Crippen LogP contribution is -2.25. The molecule has 3 rings (SSSR count). The molecule has 2 aromatic carbocycles. The summed E-state index contributed by atoms with van der Waals surface area (Å²) in [6, 6.07) is 17.9. The van der Waals surface area contributed by atoms with E-state index in [1.54, 1.807) is 0 Å². The van der Waals surface area contributed by atoms with Gasteiger partial charge >= 0.3 is 0 Å². The van der Waals surface area contributed by atoms with E-state index in [1.165, 1.54) is 46.2 Å². The summed E-state index contributed by atoms with van der Waals surface area (Å²) >= 11 is 0. The quantitative estimate of drug-likeness (QED) is 0.445. The molecular formula is C30H43N. The number of hydrogen-bond donors (Lipinski definition) is 1. The minimum absolute atomic E-state index is 0.461. The average Bonchev–Trinajstić information content (AvgIpc) is 2.84. The lowest BCUT2D eigenvalue weighted by molar-refractivity contribution is 0.543. The van der Waals surface area contributed by atoms with Crippen LogP contribution in [0, 0.1) is 0 Å². The van der Waals surface area contributed by atoms with Crippen molar-refractivity contribution in [3.8, 4) is 0 Å². The van der Waals surface area contributed by atoms with Gasteiger partial charge in [0.1, 0.15) is 0 Å². The summed E-state index contributed by atoms with van der Waals surface area (Å²) in [6.07, 6.45) is 12.4. The van der Waals surface area contributed by atoms with Crippen molar-refractivity contribution in [2.24, 2.45) is 0 Å². The Morgan fingerprint density at radius 1 is 0.968 bits per heavy atom. The number of allylic oxidation sites excluding steroid dienone is 4. The van der Waals surface area contributed by atoms with E-state index in [1.807, 2.05) is 27.7 Å². The average molecular weight is 418 g/mol. The van der Waals surface area contributed by atoms with Crippen LogP contribution in [0.3, 0.4) is 0 Å². The van der Waals surface area contributed by atoms with Gasteiger partial charge in [0, 0.05) is 12.6 Å². The van der Waals surface area contributed by atoms with E-state index < -0.39 is 0 Å². The summed E-state index contributed by atoms with van der Waals surface area (Å²) in [4.78, 5) is 0. The topological polar surface area (TPSA) is 12.0 Å².